The second-order valence-electron chi connectivity index (χ2n) is 8.45. The third-order valence-electron chi connectivity index (χ3n) is 6.19. The van der Waals surface area contributed by atoms with Crippen LogP contribution < -0.4 is 9.64 Å². The standard InChI is InChI=1S/C24H24F2N6O2/c1-15(33)32-11-7-19-21(13-32)29-23(20-4-8-27-14-28-20)24(30-19)31-9-5-17(6-10-31)34-22-3-2-16(25)12-18(22)26/h2-4,8,12,14,17H,5-7,9-11,13H2,1H3. The van der Waals surface area contributed by atoms with Crippen molar-refractivity contribution in [2.75, 3.05) is 24.5 Å². The van der Waals surface area contributed by atoms with E-state index in [-0.39, 0.29) is 17.8 Å². The van der Waals surface area contributed by atoms with Gasteiger partial charge in [-0.2, -0.15) is 0 Å². The van der Waals surface area contributed by atoms with Crippen molar-refractivity contribution in [3.05, 3.63) is 59.8 Å². The Labute approximate surface area is 195 Å². The van der Waals surface area contributed by atoms with E-state index in [1.807, 2.05) is 0 Å². The zero-order valence-electron chi connectivity index (χ0n) is 18.7. The number of hydrogen-bond donors (Lipinski definition) is 0. The van der Waals surface area contributed by atoms with Crippen LogP contribution >= 0.6 is 0 Å². The van der Waals surface area contributed by atoms with E-state index in [0.717, 1.165) is 23.3 Å². The highest BCUT2D eigenvalue weighted by atomic mass is 19.1. The fourth-order valence-electron chi connectivity index (χ4n) is 4.35. The van der Waals surface area contributed by atoms with Gasteiger partial charge in [0.1, 0.15) is 23.9 Å². The molecule has 0 atom stereocenters. The van der Waals surface area contributed by atoms with Crippen molar-refractivity contribution in [3.8, 4) is 17.1 Å². The van der Waals surface area contributed by atoms with Gasteiger partial charge in [0, 0.05) is 58.1 Å². The minimum Gasteiger partial charge on any atom is -0.487 e. The van der Waals surface area contributed by atoms with Crippen molar-refractivity contribution in [3.63, 3.8) is 0 Å². The molecule has 0 unspecified atom stereocenters. The number of rotatable bonds is 4. The summed E-state index contributed by atoms with van der Waals surface area (Å²) in [5.41, 5.74) is 2.98. The minimum atomic E-state index is -0.700. The van der Waals surface area contributed by atoms with Gasteiger partial charge in [-0.25, -0.2) is 28.7 Å². The molecule has 0 bridgehead atoms. The van der Waals surface area contributed by atoms with Crippen molar-refractivity contribution >= 4 is 11.7 Å². The van der Waals surface area contributed by atoms with E-state index in [0.29, 0.717) is 56.8 Å². The Morgan fingerprint density at radius 2 is 1.91 bits per heavy atom. The first kappa shape index (κ1) is 22.1. The number of ether oxygens (including phenoxy) is 1. The zero-order valence-corrected chi connectivity index (χ0v) is 18.7. The molecule has 10 heteroatoms. The first-order valence-electron chi connectivity index (χ1n) is 11.3. The first-order chi connectivity index (χ1) is 16.5. The first-order valence-corrected chi connectivity index (χ1v) is 11.3. The molecular formula is C24H24F2N6O2. The summed E-state index contributed by atoms with van der Waals surface area (Å²) in [4.78, 5) is 34.0. The molecule has 2 aliphatic rings. The topological polar surface area (TPSA) is 84.3 Å². The normalized spacial score (nSPS) is 16.3. The summed E-state index contributed by atoms with van der Waals surface area (Å²) < 4.78 is 33.0. The predicted molar refractivity (Wildman–Crippen MR) is 120 cm³/mol. The van der Waals surface area contributed by atoms with Crippen LogP contribution in [0.25, 0.3) is 11.4 Å². The second-order valence-corrected chi connectivity index (χ2v) is 8.45. The summed E-state index contributed by atoms with van der Waals surface area (Å²) in [5.74, 6) is -0.520. The molecule has 2 aliphatic heterocycles. The molecule has 1 amide bonds. The molecule has 0 aliphatic carbocycles. The highest BCUT2D eigenvalue weighted by molar-refractivity contribution is 5.74. The zero-order chi connectivity index (χ0) is 23.7. The third-order valence-corrected chi connectivity index (χ3v) is 6.19. The van der Waals surface area contributed by atoms with Crippen LogP contribution in [0.3, 0.4) is 0 Å². The van der Waals surface area contributed by atoms with E-state index >= 15 is 0 Å². The fraction of sp³-hybridized carbons (Fsp3) is 0.375. The molecule has 0 saturated carbocycles. The van der Waals surface area contributed by atoms with Gasteiger partial charge < -0.3 is 14.5 Å². The maximum Gasteiger partial charge on any atom is 0.219 e. The van der Waals surface area contributed by atoms with Crippen LogP contribution in [0.5, 0.6) is 5.75 Å². The van der Waals surface area contributed by atoms with E-state index in [1.54, 1.807) is 24.1 Å². The Bertz CT molecular complexity index is 1200. The van der Waals surface area contributed by atoms with Crippen LogP contribution in [-0.2, 0) is 17.8 Å². The molecule has 0 N–H and O–H groups in total. The molecule has 0 radical (unpaired) electrons. The molecule has 34 heavy (non-hydrogen) atoms. The van der Waals surface area contributed by atoms with Crippen LogP contribution in [-0.4, -0.2) is 56.5 Å². The molecule has 0 spiro atoms. The van der Waals surface area contributed by atoms with Gasteiger partial charge in [0.15, 0.2) is 17.4 Å². The number of carbonyl (C=O) groups is 1. The number of nitrogens with zero attached hydrogens (tertiary/aromatic N) is 6. The highest BCUT2D eigenvalue weighted by Gasteiger charge is 2.29. The molecule has 2 aromatic heterocycles. The lowest BCUT2D eigenvalue weighted by Gasteiger charge is -2.35. The Morgan fingerprint density at radius 1 is 1.09 bits per heavy atom. The number of piperidine rings is 1. The molecule has 8 nitrogen and oxygen atoms in total. The number of aromatic nitrogens is 4. The van der Waals surface area contributed by atoms with E-state index in [9.17, 15) is 13.6 Å². The monoisotopic (exact) mass is 466 g/mol. The minimum absolute atomic E-state index is 0.0137. The number of fused-ring (bicyclic) bond motifs is 1. The van der Waals surface area contributed by atoms with E-state index in [4.69, 9.17) is 14.7 Å². The Kier molecular flexibility index (Phi) is 6.04. The van der Waals surface area contributed by atoms with Crippen molar-refractivity contribution < 1.29 is 18.3 Å². The number of hydrogen-bond acceptors (Lipinski definition) is 7. The Hall–Kier alpha value is -3.69. The van der Waals surface area contributed by atoms with Gasteiger partial charge in [0.25, 0.3) is 0 Å². The van der Waals surface area contributed by atoms with E-state index in [1.165, 1.54) is 18.5 Å². The largest absolute Gasteiger partial charge is 0.487 e. The molecule has 176 valence electrons. The predicted octanol–water partition coefficient (Wildman–Crippen LogP) is 3.16. The lowest BCUT2D eigenvalue weighted by Crippen LogP contribution is -2.40. The van der Waals surface area contributed by atoms with Crippen molar-refractivity contribution in [2.45, 2.75) is 38.8 Å². The van der Waals surface area contributed by atoms with Crippen molar-refractivity contribution in [2.24, 2.45) is 0 Å². The van der Waals surface area contributed by atoms with Gasteiger partial charge >= 0.3 is 0 Å². The lowest BCUT2D eigenvalue weighted by atomic mass is 10.1. The maximum absolute atomic E-state index is 14.0. The van der Waals surface area contributed by atoms with Crippen molar-refractivity contribution in [1.82, 2.24) is 24.8 Å². The van der Waals surface area contributed by atoms with Gasteiger partial charge in [-0.05, 0) is 18.2 Å². The summed E-state index contributed by atoms with van der Waals surface area (Å²) in [6.45, 7) is 3.87. The SMILES string of the molecule is CC(=O)N1CCc2nc(N3CCC(Oc4ccc(F)cc4F)CC3)c(-c3ccncn3)nc2C1. The van der Waals surface area contributed by atoms with Gasteiger partial charge in [0.05, 0.1) is 23.6 Å². The smallest absolute Gasteiger partial charge is 0.219 e. The molecule has 1 aromatic carbocycles. The van der Waals surface area contributed by atoms with Gasteiger partial charge in [-0.15, -0.1) is 0 Å². The average molecular weight is 466 g/mol. The fourth-order valence-corrected chi connectivity index (χ4v) is 4.35. The van der Waals surface area contributed by atoms with E-state index < -0.39 is 11.6 Å². The Morgan fingerprint density at radius 3 is 2.62 bits per heavy atom. The van der Waals surface area contributed by atoms with Gasteiger partial charge in [0.2, 0.25) is 5.91 Å². The molecule has 1 saturated heterocycles. The van der Waals surface area contributed by atoms with Crippen LogP contribution in [0.1, 0.15) is 31.2 Å². The second kappa shape index (κ2) is 9.28. The number of anilines is 1. The van der Waals surface area contributed by atoms with E-state index in [2.05, 4.69) is 14.9 Å². The maximum atomic E-state index is 14.0. The van der Waals surface area contributed by atoms with Gasteiger partial charge in [-0.1, -0.05) is 0 Å². The summed E-state index contributed by atoms with van der Waals surface area (Å²) >= 11 is 0. The van der Waals surface area contributed by atoms with Crippen LogP contribution in [0.4, 0.5) is 14.6 Å². The van der Waals surface area contributed by atoms with Gasteiger partial charge in [-0.3, -0.25) is 4.79 Å². The van der Waals surface area contributed by atoms with Crippen LogP contribution in [0, 0.1) is 11.6 Å². The Balaban J connectivity index is 1.38. The quantitative estimate of drug-likeness (QED) is 0.584. The average Bonchev–Trinajstić information content (AvgIpc) is 2.85. The molecular weight excluding hydrogens is 442 g/mol. The number of amides is 1. The van der Waals surface area contributed by atoms with Crippen LogP contribution in [0.15, 0.2) is 36.8 Å². The molecule has 4 heterocycles. The summed E-state index contributed by atoms with van der Waals surface area (Å²) in [7, 11) is 0. The summed E-state index contributed by atoms with van der Waals surface area (Å²) in [6.07, 6.45) is 4.88. The molecule has 5 rings (SSSR count). The third kappa shape index (κ3) is 4.52. The number of halogens is 2. The lowest BCUT2D eigenvalue weighted by molar-refractivity contribution is -0.129. The summed E-state index contributed by atoms with van der Waals surface area (Å²) in [6, 6.07) is 5.13. The molecule has 1 fully saturated rings. The number of benzene rings is 1. The highest BCUT2D eigenvalue weighted by Crippen LogP contribution is 2.32. The number of carbonyl (C=O) groups excluding carboxylic acids is 1. The molecule has 3 aromatic rings. The van der Waals surface area contributed by atoms with Crippen LogP contribution in [0.2, 0.25) is 0 Å². The van der Waals surface area contributed by atoms with Crippen molar-refractivity contribution in [1.29, 1.82) is 0 Å². The summed E-state index contributed by atoms with van der Waals surface area (Å²) in [5, 5.41) is 0.